The van der Waals surface area contributed by atoms with E-state index >= 15 is 0 Å². The van der Waals surface area contributed by atoms with Gasteiger partial charge in [0, 0.05) is 11.5 Å². The van der Waals surface area contributed by atoms with Crippen molar-refractivity contribution in [3.63, 3.8) is 0 Å². The van der Waals surface area contributed by atoms with Crippen molar-refractivity contribution in [2.45, 2.75) is 25.3 Å². The SMILES string of the molecule is Cl.NC[C@H]1CCC[C@H]1C(=O)NC1COc2ccccc21. The van der Waals surface area contributed by atoms with E-state index in [-0.39, 0.29) is 30.3 Å². The van der Waals surface area contributed by atoms with E-state index in [1.54, 1.807) is 0 Å². The number of amides is 1. The number of carbonyl (C=O) groups excluding carboxylic acids is 1. The summed E-state index contributed by atoms with van der Waals surface area (Å²) in [5, 5.41) is 3.12. The standard InChI is InChI=1S/C15H20N2O2.ClH/c16-8-10-4-3-6-11(10)15(18)17-13-9-19-14-7-2-1-5-12(13)14;/h1-2,5,7,10-11,13H,3-4,6,8-9,16H2,(H,17,18);1H/t10-,11-,13?;/m1./s1. The van der Waals surface area contributed by atoms with Crippen LogP contribution in [0.5, 0.6) is 5.75 Å². The van der Waals surface area contributed by atoms with Crippen LogP contribution in [0.4, 0.5) is 0 Å². The number of nitrogens with two attached hydrogens (primary N) is 1. The van der Waals surface area contributed by atoms with Gasteiger partial charge in [0.15, 0.2) is 0 Å². The summed E-state index contributed by atoms with van der Waals surface area (Å²) >= 11 is 0. The second-order valence-corrected chi connectivity index (χ2v) is 5.44. The molecule has 1 aromatic carbocycles. The molecule has 1 heterocycles. The molecule has 1 aromatic rings. The highest BCUT2D eigenvalue weighted by Gasteiger charge is 2.34. The highest BCUT2D eigenvalue weighted by atomic mass is 35.5. The molecule has 0 spiro atoms. The highest BCUT2D eigenvalue weighted by molar-refractivity contribution is 5.85. The summed E-state index contributed by atoms with van der Waals surface area (Å²) in [7, 11) is 0. The third-order valence-corrected chi connectivity index (χ3v) is 4.32. The summed E-state index contributed by atoms with van der Waals surface area (Å²) in [4.78, 5) is 12.4. The van der Waals surface area contributed by atoms with Crippen LogP contribution in [0.2, 0.25) is 0 Å². The summed E-state index contributed by atoms with van der Waals surface area (Å²) in [6.07, 6.45) is 3.15. The molecule has 4 nitrogen and oxygen atoms in total. The Hall–Kier alpha value is -1.26. The maximum absolute atomic E-state index is 12.4. The number of hydrogen-bond donors (Lipinski definition) is 2. The minimum atomic E-state index is -0.0114. The van der Waals surface area contributed by atoms with Gasteiger partial charge < -0.3 is 15.8 Å². The van der Waals surface area contributed by atoms with Gasteiger partial charge in [0.25, 0.3) is 0 Å². The summed E-state index contributed by atoms with van der Waals surface area (Å²) in [5.74, 6) is 1.45. The van der Waals surface area contributed by atoms with Crippen LogP contribution in [-0.4, -0.2) is 19.1 Å². The van der Waals surface area contributed by atoms with Gasteiger partial charge in [0.2, 0.25) is 5.91 Å². The average molecular weight is 297 g/mol. The predicted molar refractivity (Wildman–Crippen MR) is 80.0 cm³/mol. The Balaban J connectivity index is 0.00000147. The topological polar surface area (TPSA) is 64.4 Å². The van der Waals surface area contributed by atoms with E-state index in [0.717, 1.165) is 30.6 Å². The van der Waals surface area contributed by atoms with Crippen molar-refractivity contribution < 1.29 is 9.53 Å². The van der Waals surface area contributed by atoms with Gasteiger partial charge in [-0.3, -0.25) is 4.79 Å². The number of carbonyl (C=O) groups is 1. The van der Waals surface area contributed by atoms with Crippen molar-refractivity contribution in [3.05, 3.63) is 29.8 Å². The van der Waals surface area contributed by atoms with Crippen molar-refractivity contribution >= 4 is 18.3 Å². The van der Waals surface area contributed by atoms with Gasteiger partial charge in [0.05, 0.1) is 6.04 Å². The molecule has 3 rings (SSSR count). The molecule has 3 atom stereocenters. The van der Waals surface area contributed by atoms with Crippen LogP contribution in [0, 0.1) is 11.8 Å². The summed E-state index contributed by atoms with van der Waals surface area (Å²) < 4.78 is 5.59. The molecule has 0 bridgehead atoms. The normalized spacial score (nSPS) is 27.4. The summed E-state index contributed by atoms with van der Waals surface area (Å²) in [6, 6.07) is 7.88. The number of rotatable bonds is 3. The van der Waals surface area contributed by atoms with E-state index in [9.17, 15) is 4.79 Å². The lowest BCUT2D eigenvalue weighted by Gasteiger charge is -2.20. The van der Waals surface area contributed by atoms with Gasteiger partial charge in [-0.2, -0.15) is 0 Å². The van der Waals surface area contributed by atoms with E-state index < -0.39 is 0 Å². The number of fused-ring (bicyclic) bond motifs is 1. The first kappa shape index (κ1) is 15.1. The number of hydrogen-bond acceptors (Lipinski definition) is 3. The average Bonchev–Trinajstić information content (AvgIpc) is 3.05. The van der Waals surface area contributed by atoms with Crippen molar-refractivity contribution in [3.8, 4) is 5.75 Å². The maximum atomic E-state index is 12.4. The monoisotopic (exact) mass is 296 g/mol. The van der Waals surface area contributed by atoms with E-state index in [1.165, 1.54) is 0 Å². The van der Waals surface area contributed by atoms with E-state index in [4.69, 9.17) is 10.5 Å². The molecule has 1 unspecified atom stereocenters. The summed E-state index contributed by atoms with van der Waals surface area (Å²) in [5.41, 5.74) is 6.82. The van der Waals surface area contributed by atoms with Gasteiger partial charge in [0.1, 0.15) is 12.4 Å². The minimum Gasteiger partial charge on any atom is -0.491 e. The maximum Gasteiger partial charge on any atom is 0.224 e. The molecule has 5 heteroatoms. The zero-order chi connectivity index (χ0) is 13.2. The van der Waals surface area contributed by atoms with Crippen molar-refractivity contribution in [1.29, 1.82) is 0 Å². The van der Waals surface area contributed by atoms with Gasteiger partial charge in [-0.25, -0.2) is 0 Å². The van der Waals surface area contributed by atoms with Crippen molar-refractivity contribution in [2.24, 2.45) is 17.6 Å². The third kappa shape index (κ3) is 2.76. The first-order valence-corrected chi connectivity index (χ1v) is 7.01. The molecule has 0 saturated heterocycles. The van der Waals surface area contributed by atoms with Crippen LogP contribution in [0.1, 0.15) is 30.9 Å². The van der Waals surface area contributed by atoms with Crippen LogP contribution in [0.3, 0.4) is 0 Å². The molecule has 0 radical (unpaired) electrons. The number of para-hydroxylation sites is 1. The largest absolute Gasteiger partial charge is 0.491 e. The Morgan fingerprint density at radius 2 is 2.15 bits per heavy atom. The van der Waals surface area contributed by atoms with Crippen LogP contribution >= 0.6 is 12.4 Å². The molecule has 20 heavy (non-hydrogen) atoms. The molecule has 2 aliphatic rings. The van der Waals surface area contributed by atoms with Gasteiger partial charge in [-0.05, 0) is 31.4 Å². The van der Waals surface area contributed by atoms with E-state index in [0.29, 0.717) is 19.1 Å². The predicted octanol–water partition coefficient (Wildman–Crippen LogP) is 2.03. The number of ether oxygens (including phenoxy) is 1. The fraction of sp³-hybridized carbons (Fsp3) is 0.533. The van der Waals surface area contributed by atoms with Gasteiger partial charge in [-0.15, -0.1) is 12.4 Å². The Kier molecular flexibility index (Phi) is 4.89. The first-order chi connectivity index (χ1) is 9.29. The van der Waals surface area contributed by atoms with Gasteiger partial charge in [-0.1, -0.05) is 24.6 Å². The first-order valence-electron chi connectivity index (χ1n) is 7.01. The number of benzene rings is 1. The molecule has 1 fully saturated rings. The van der Waals surface area contributed by atoms with Crippen LogP contribution in [0.25, 0.3) is 0 Å². The minimum absolute atomic E-state index is 0. The molecular weight excluding hydrogens is 276 g/mol. The Bertz CT molecular complexity index is 481. The molecule has 0 aromatic heterocycles. The zero-order valence-corrected chi connectivity index (χ0v) is 12.2. The molecule has 1 amide bonds. The fourth-order valence-corrected chi connectivity index (χ4v) is 3.23. The van der Waals surface area contributed by atoms with Crippen LogP contribution < -0.4 is 15.8 Å². The number of nitrogens with one attached hydrogen (secondary N) is 1. The quantitative estimate of drug-likeness (QED) is 0.897. The van der Waals surface area contributed by atoms with Crippen LogP contribution in [-0.2, 0) is 4.79 Å². The lowest BCUT2D eigenvalue weighted by molar-refractivity contribution is -0.126. The Morgan fingerprint density at radius 3 is 2.95 bits per heavy atom. The lowest BCUT2D eigenvalue weighted by atomic mass is 9.95. The van der Waals surface area contributed by atoms with Gasteiger partial charge >= 0.3 is 0 Å². The molecule has 1 aliphatic carbocycles. The molecule has 3 N–H and O–H groups in total. The molecular formula is C15H21ClN2O2. The molecule has 110 valence electrons. The highest BCUT2D eigenvalue weighted by Crippen LogP contribution is 2.34. The Labute approximate surface area is 125 Å². The van der Waals surface area contributed by atoms with E-state index in [1.807, 2.05) is 24.3 Å². The Morgan fingerprint density at radius 1 is 1.35 bits per heavy atom. The van der Waals surface area contributed by atoms with Crippen LogP contribution in [0.15, 0.2) is 24.3 Å². The zero-order valence-electron chi connectivity index (χ0n) is 11.4. The second kappa shape index (κ2) is 6.46. The third-order valence-electron chi connectivity index (χ3n) is 4.32. The van der Waals surface area contributed by atoms with Crippen molar-refractivity contribution in [1.82, 2.24) is 5.32 Å². The second-order valence-electron chi connectivity index (χ2n) is 5.44. The molecule has 1 saturated carbocycles. The summed E-state index contributed by atoms with van der Waals surface area (Å²) in [6.45, 7) is 1.14. The van der Waals surface area contributed by atoms with Crippen molar-refractivity contribution in [2.75, 3.05) is 13.2 Å². The fourth-order valence-electron chi connectivity index (χ4n) is 3.23. The lowest BCUT2D eigenvalue weighted by Crippen LogP contribution is -2.37. The van der Waals surface area contributed by atoms with E-state index in [2.05, 4.69) is 5.32 Å². The smallest absolute Gasteiger partial charge is 0.224 e. The molecule has 1 aliphatic heterocycles. The number of halogens is 1.